The summed E-state index contributed by atoms with van der Waals surface area (Å²) in [6, 6.07) is 21.3. The van der Waals surface area contributed by atoms with Crippen molar-refractivity contribution in [1.29, 1.82) is 0 Å². The van der Waals surface area contributed by atoms with E-state index in [2.05, 4.69) is 42.5 Å². The predicted molar refractivity (Wildman–Crippen MR) is 143 cm³/mol. The third-order valence-electron chi connectivity index (χ3n) is 6.34. The summed E-state index contributed by atoms with van der Waals surface area (Å²) in [6.45, 7) is 8.51. The summed E-state index contributed by atoms with van der Waals surface area (Å²) < 4.78 is 11.1. The van der Waals surface area contributed by atoms with Gasteiger partial charge in [0.15, 0.2) is 0 Å². The minimum Gasteiger partial charge on any atom is -0.493 e. The van der Waals surface area contributed by atoms with E-state index in [1.807, 2.05) is 62.4 Å². The van der Waals surface area contributed by atoms with E-state index in [4.69, 9.17) is 20.9 Å². The number of carbonyl (C=O) groups is 1. The minimum absolute atomic E-state index is 0.0537. The van der Waals surface area contributed by atoms with E-state index in [-0.39, 0.29) is 18.4 Å². The highest BCUT2D eigenvalue weighted by Gasteiger charge is 2.19. The largest absolute Gasteiger partial charge is 0.493 e. The fourth-order valence-electron chi connectivity index (χ4n) is 4.38. The standard InChI is InChI=1S/C30H31ClN2O3/c1-19-5-14-27(20(2)17-19)30(24-8-10-25(31)11-9-24)32-29(34)18-23-6-12-26(13-7-23)35-16-15-28-21(3)33-36-22(28)4/h5-14,17,30H,15-16,18H2,1-4H3,(H,32,34). The summed E-state index contributed by atoms with van der Waals surface area (Å²) in [5.41, 5.74) is 7.28. The van der Waals surface area contributed by atoms with Gasteiger partial charge in [0.2, 0.25) is 5.91 Å². The first kappa shape index (κ1) is 25.5. The van der Waals surface area contributed by atoms with Crippen LogP contribution in [0.25, 0.3) is 0 Å². The Labute approximate surface area is 217 Å². The van der Waals surface area contributed by atoms with Crippen molar-refractivity contribution in [2.75, 3.05) is 6.61 Å². The van der Waals surface area contributed by atoms with Crippen LogP contribution in [0.5, 0.6) is 5.75 Å². The van der Waals surface area contributed by atoms with Crippen molar-refractivity contribution >= 4 is 17.5 Å². The van der Waals surface area contributed by atoms with E-state index in [1.165, 1.54) is 5.56 Å². The summed E-state index contributed by atoms with van der Waals surface area (Å²) in [4.78, 5) is 13.1. The lowest BCUT2D eigenvalue weighted by molar-refractivity contribution is -0.120. The van der Waals surface area contributed by atoms with Crippen LogP contribution in [-0.4, -0.2) is 17.7 Å². The van der Waals surface area contributed by atoms with Crippen LogP contribution >= 0.6 is 11.6 Å². The molecule has 1 N–H and O–H groups in total. The average Bonchev–Trinajstić information content (AvgIpc) is 3.17. The van der Waals surface area contributed by atoms with Gasteiger partial charge in [-0.2, -0.15) is 0 Å². The summed E-state index contributed by atoms with van der Waals surface area (Å²) in [6.07, 6.45) is 1.00. The van der Waals surface area contributed by atoms with Crippen molar-refractivity contribution in [1.82, 2.24) is 10.5 Å². The average molecular weight is 503 g/mol. The highest BCUT2D eigenvalue weighted by atomic mass is 35.5. The molecule has 6 heteroatoms. The van der Waals surface area contributed by atoms with Gasteiger partial charge in [0.05, 0.1) is 24.8 Å². The highest BCUT2D eigenvalue weighted by Crippen LogP contribution is 2.27. The van der Waals surface area contributed by atoms with E-state index < -0.39 is 0 Å². The first-order chi connectivity index (χ1) is 17.3. The second kappa shape index (κ2) is 11.4. The first-order valence-electron chi connectivity index (χ1n) is 12.1. The number of halogens is 1. The van der Waals surface area contributed by atoms with Gasteiger partial charge < -0.3 is 14.6 Å². The maximum atomic E-state index is 13.1. The molecule has 0 fully saturated rings. The predicted octanol–water partition coefficient (Wildman–Crippen LogP) is 6.63. The molecule has 5 nitrogen and oxygen atoms in total. The zero-order chi connectivity index (χ0) is 25.7. The summed E-state index contributed by atoms with van der Waals surface area (Å²) >= 11 is 6.11. The molecule has 4 aromatic rings. The van der Waals surface area contributed by atoms with Crippen LogP contribution in [0.15, 0.2) is 71.3 Å². The quantitative estimate of drug-likeness (QED) is 0.279. The number of amides is 1. The molecule has 3 aromatic carbocycles. The number of carbonyl (C=O) groups excluding carboxylic acids is 1. The van der Waals surface area contributed by atoms with Crippen molar-refractivity contribution in [2.45, 2.75) is 46.6 Å². The zero-order valence-electron chi connectivity index (χ0n) is 21.1. The summed E-state index contributed by atoms with van der Waals surface area (Å²) in [5.74, 6) is 1.54. The van der Waals surface area contributed by atoms with Crippen molar-refractivity contribution < 1.29 is 14.1 Å². The Balaban J connectivity index is 1.40. The Morgan fingerprint density at radius 1 is 1.00 bits per heavy atom. The molecular weight excluding hydrogens is 472 g/mol. The Hall–Kier alpha value is -3.57. The van der Waals surface area contributed by atoms with Gasteiger partial charge in [0, 0.05) is 17.0 Å². The molecule has 1 heterocycles. The molecule has 1 aromatic heterocycles. The maximum Gasteiger partial charge on any atom is 0.225 e. The van der Waals surface area contributed by atoms with Crippen LogP contribution in [0.3, 0.4) is 0 Å². The van der Waals surface area contributed by atoms with Gasteiger partial charge in [-0.25, -0.2) is 0 Å². The van der Waals surface area contributed by atoms with E-state index >= 15 is 0 Å². The topological polar surface area (TPSA) is 64.4 Å². The van der Waals surface area contributed by atoms with Crippen molar-refractivity contribution in [3.63, 3.8) is 0 Å². The van der Waals surface area contributed by atoms with E-state index in [9.17, 15) is 4.79 Å². The minimum atomic E-state index is -0.262. The lowest BCUT2D eigenvalue weighted by Crippen LogP contribution is -2.31. The number of rotatable bonds is 9. The maximum absolute atomic E-state index is 13.1. The number of aromatic nitrogens is 1. The lowest BCUT2D eigenvalue weighted by Gasteiger charge is -2.22. The molecule has 186 valence electrons. The second-order valence-corrected chi connectivity index (χ2v) is 9.57. The number of nitrogens with one attached hydrogen (secondary N) is 1. The Kier molecular flexibility index (Phi) is 8.11. The molecule has 1 unspecified atom stereocenters. The van der Waals surface area contributed by atoms with Crippen LogP contribution in [0.2, 0.25) is 5.02 Å². The fraction of sp³-hybridized carbons (Fsp3) is 0.267. The molecule has 1 amide bonds. The number of aryl methyl sites for hydroxylation is 4. The normalized spacial score (nSPS) is 11.8. The fourth-order valence-corrected chi connectivity index (χ4v) is 4.50. The molecule has 0 aliphatic carbocycles. The number of nitrogens with zero attached hydrogens (tertiary/aromatic N) is 1. The van der Waals surface area contributed by atoms with Crippen LogP contribution in [0, 0.1) is 27.7 Å². The van der Waals surface area contributed by atoms with Gasteiger partial charge in [-0.05, 0) is 74.2 Å². The Morgan fingerprint density at radius 3 is 2.36 bits per heavy atom. The van der Waals surface area contributed by atoms with Crippen molar-refractivity contribution in [3.8, 4) is 5.75 Å². The van der Waals surface area contributed by atoms with Crippen molar-refractivity contribution in [2.24, 2.45) is 0 Å². The van der Waals surface area contributed by atoms with Gasteiger partial charge in [0.1, 0.15) is 11.5 Å². The molecule has 0 radical (unpaired) electrons. The SMILES string of the molecule is Cc1ccc(C(NC(=O)Cc2ccc(OCCc3c(C)noc3C)cc2)c2ccc(Cl)cc2)c(C)c1. The van der Waals surface area contributed by atoms with Crippen molar-refractivity contribution in [3.05, 3.63) is 117 Å². The summed E-state index contributed by atoms with van der Waals surface area (Å²) in [7, 11) is 0. The summed E-state index contributed by atoms with van der Waals surface area (Å²) in [5, 5.41) is 7.87. The lowest BCUT2D eigenvalue weighted by atomic mass is 9.93. The molecule has 4 rings (SSSR count). The van der Waals surface area contributed by atoms with Crippen LogP contribution in [0.1, 0.15) is 50.9 Å². The Morgan fingerprint density at radius 2 is 1.72 bits per heavy atom. The molecule has 0 saturated carbocycles. The highest BCUT2D eigenvalue weighted by molar-refractivity contribution is 6.30. The molecule has 0 aliphatic heterocycles. The van der Waals surface area contributed by atoms with Gasteiger partial charge in [-0.3, -0.25) is 4.79 Å². The van der Waals surface area contributed by atoms with Gasteiger partial charge >= 0.3 is 0 Å². The zero-order valence-corrected chi connectivity index (χ0v) is 21.9. The second-order valence-electron chi connectivity index (χ2n) is 9.13. The first-order valence-corrected chi connectivity index (χ1v) is 12.4. The Bertz CT molecular complexity index is 1310. The number of hydrogen-bond acceptors (Lipinski definition) is 4. The molecule has 1 atom stereocenters. The third-order valence-corrected chi connectivity index (χ3v) is 6.59. The molecule has 0 bridgehead atoms. The number of hydrogen-bond donors (Lipinski definition) is 1. The molecule has 36 heavy (non-hydrogen) atoms. The van der Waals surface area contributed by atoms with Crippen LogP contribution < -0.4 is 10.1 Å². The molecule has 0 spiro atoms. The molecule has 0 aliphatic rings. The van der Waals surface area contributed by atoms with Gasteiger partial charge in [-0.15, -0.1) is 0 Å². The van der Waals surface area contributed by atoms with E-state index in [1.54, 1.807) is 0 Å². The van der Waals surface area contributed by atoms with Gasteiger partial charge in [-0.1, -0.05) is 64.8 Å². The molecule has 0 saturated heterocycles. The van der Waals surface area contributed by atoms with Crippen LogP contribution in [0.4, 0.5) is 0 Å². The van der Waals surface area contributed by atoms with E-state index in [0.717, 1.165) is 51.4 Å². The number of benzene rings is 3. The monoisotopic (exact) mass is 502 g/mol. The van der Waals surface area contributed by atoms with E-state index in [0.29, 0.717) is 11.6 Å². The smallest absolute Gasteiger partial charge is 0.225 e. The van der Waals surface area contributed by atoms with Gasteiger partial charge in [0.25, 0.3) is 0 Å². The molecular formula is C30H31ClN2O3. The number of ether oxygens (including phenoxy) is 1. The third kappa shape index (κ3) is 6.35. The van der Waals surface area contributed by atoms with Crippen LogP contribution in [-0.2, 0) is 17.6 Å².